The third-order valence-electron chi connectivity index (χ3n) is 8.08. The molecule has 39 heavy (non-hydrogen) atoms. The van der Waals surface area contributed by atoms with Crippen LogP contribution in [0.5, 0.6) is 0 Å². The monoisotopic (exact) mass is 522 g/mol. The first-order valence-electron chi connectivity index (χ1n) is 13.6. The van der Waals surface area contributed by atoms with E-state index in [1.54, 1.807) is 37.3 Å². The Balaban J connectivity index is 1.47. The highest BCUT2D eigenvalue weighted by atomic mass is 19.1. The molecule has 0 heterocycles. The van der Waals surface area contributed by atoms with Gasteiger partial charge in [0.25, 0.3) is 0 Å². The second-order valence-corrected chi connectivity index (χ2v) is 10.5. The van der Waals surface area contributed by atoms with E-state index in [0.717, 1.165) is 41.5 Å². The minimum absolute atomic E-state index is 0.0975. The molecule has 0 saturated heterocycles. The van der Waals surface area contributed by atoms with Crippen LogP contribution in [0.1, 0.15) is 71.6 Å². The summed E-state index contributed by atoms with van der Waals surface area (Å²) >= 11 is 0. The molecule has 198 valence electrons. The van der Waals surface area contributed by atoms with Gasteiger partial charge >= 0.3 is 0 Å². The topological polar surface area (TPSA) is 34.1 Å². The SMILES string of the molecule is CCc1c(CCC2=CC=C(C(C)=O)C2)cccc1C1CC(c2ccc(F)cc2)=CC1C(=O)c1ccccc1F. The van der Waals surface area contributed by atoms with Gasteiger partial charge in [-0.25, -0.2) is 8.78 Å². The Hall–Kier alpha value is -3.92. The van der Waals surface area contributed by atoms with Crippen LogP contribution in [0.25, 0.3) is 5.57 Å². The van der Waals surface area contributed by atoms with Gasteiger partial charge in [-0.05, 0) is 96.7 Å². The fourth-order valence-electron chi connectivity index (χ4n) is 6.00. The summed E-state index contributed by atoms with van der Waals surface area (Å²) in [7, 11) is 0. The number of ketones is 2. The zero-order chi connectivity index (χ0) is 27.5. The number of aryl methyl sites for hydroxylation is 1. The highest BCUT2D eigenvalue weighted by molar-refractivity contribution is 6.01. The lowest BCUT2D eigenvalue weighted by molar-refractivity contribution is -0.113. The van der Waals surface area contributed by atoms with Crippen LogP contribution in [0, 0.1) is 17.6 Å². The molecule has 4 heteroatoms. The number of hydrogen-bond donors (Lipinski definition) is 0. The average molecular weight is 523 g/mol. The first kappa shape index (κ1) is 26.7. The average Bonchev–Trinajstić information content (AvgIpc) is 3.60. The molecule has 3 aromatic carbocycles. The minimum atomic E-state index is -0.526. The van der Waals surface area contributed by atoms with E-state index in [2.05, 4.69) is 25.1 Å². The van der Waals surface area contributed by atoms with Crippen molar-refractivity contribution in [2.45, 2.75) is 51.9 Å². The number of carbonyl (C=O) groups is 2. The molecule has 0 aliphatic heterocycles. The van der Waals surface area contributed by atoms with Gasteiger partial charge in [0.1, 0.15) is 11.6 Å². The van der Waals surface area contributed by atoms with Crippen LogP contribution >= 0.6 is 0 Å². The largest absolute Gasteiger partial charge is 0.295 e. The van der Waals surface area contributed by atoms with Crippen molar-refractivity contribution in [2.75, 3.05) is 0 Å². The van der Waals surface area contributed by atoms with E-state index in [1.165, 1.54) is 34.9 Å². The zero-order valence-electron chi connectivity index (χ0n) is 22.3. The Bertz CT molecular complexity index is 1510. The Morgan fingerprint density at radius 2 is 1.67 bits per heavy atom. The molecule has 0 amide bonds. The van der Waals surface area contributed by atoms with Gasteiger partial charge in [0, 0.05) is 11.8 Å². The van der Waals surface area contributed by atoms with Crippen LogP contribution in [0.2, 0.25) is 0 Å². The van der Waals surface area contributed by atoms with E-state index in [-0.39, 0.29) is 28.9 Å². The molecule has 2 aliphatic rings. The lowest BCUT2D eigenvalue weighted by Crippen LogP contribution is -2.20. The molecule has 0 spiro atoms. The van der Waals surface area contributed by atoms with Crippen LogP contribution in [-0.2, 0) is 17.6 Å². The van der Waals surface area contributed by atoms with Crippen molar-refractivity contribution < 1.29 is 18.4 Å². The normalized spacial score (nSPS) is 18.5. The van der Waals surface area contributed by atoms with Gasteiger partial charge in [0.2, 0.25) is 0 Å². The van der Waals surface area contributed by atoms with E-state index in [4.69, 9.17) is 0 Å². The lowest BCUT2D eigenvalue weighted by Gasteiger charge is -2.24. The molecular weight excluding hydrogens is 490 g/mol. The highest BCUT2D eigenvalue weighted by Gasteiger charge is 2.37. The quantitative estimate of drug-likeness (QED) is 0.265. The van der Waals surface area contributed by atoms with E-state index in [0.29, 0.717) is 12.8 Å². The molecule has 2 unspecified atom stereocenters. The van der Waals surface area contributed by atoms with Gasteiger partial charge in [0.15, 0.2) is 11.6 Å². The Morgan fingerprint density at radius 1 is 0.897 bits per heavy atom. The lowest BCUT2D eigenvalue weighted by atomic mass is 9.79. The van der Waals surface area contributed by atoms with Gasteiger partial charge in [0.05, 0.1) is 5.56 Å². The van der Waals surface area contributed by atoms with E-state index in [9.17, 15) is 18.4 Å². The Labute approximate surface area is 228 Å². The van der Waals surface area contributed by atoms with Crippen LogP contribution < -0.4 is 0 Å². The van der Waals surface area contributed by atoms with Crippen LogP contribution in [0.15, 0.2) is 96.1 Å². The molecule has 5 rings (SSSR count). The molecule has 2 atom stereocenters. The molecule has 2 aliphatic carbocycles. The Morgan fingerprint density at radius 3 is 2.36 bits per heavy atom. The number of halogens is 2. The van der Waals surface area contributed by atoms with Gasteiger partial charge in [-0.2, -0.15) is 0 Å². The predicted octanol–water partition coefficient (Wildman–Crippen LogP) is 8.38. The van der Waals surface area contributed by atoms with E-state index >= 15 is 0 Å². The number of benzene rings is 3. The minimum Gasteiger partial charge on any atom is -0.295 e. The summed E-state index contributed by atoms with van der Waals surface area (Å²) in [5.41, 5.74) is 7.62. The first-order valence-corrected chi connectivity index (χ1v) is 13.6. The number of allylic oxidation sites excluding steroid dienone is 6. The summed E-state index contributed by atoms with van der Waals surface area (Å²) in [4.78, 5) is 25.5. The predicted molar refractivity (Wildman–Crippen MR) is 152 cm³/mol. The number of carbonyl (C=O) groups excluding carboxylic acids is 2. The van der Waals surface area contributed by atoms with Gasteiger partial charge < -0.3 is 0 Å². The number of hydrogen-bond acceptors (Lipinski definition) is 2. The zero-order valence-corrected chi connectivity index (χ0v) is 22.3. The standard InChI is InChI=1S/C35H32F2O2/c1-3-29-25(13-11-23-12-14-26(19-23)22(2)38)7-6-9-30(29)32-20-27(24-15-17-28(36)18-16-24)21-33(32)35(39)31-8-4-5-10-34(31)37/h4-10,12,14-18,21,32-33H,3,11,13,19-20H2,1-2H3. The van der Waals surface area contributed by atoms with Crippen LogP contribution in [0.3, 0.4) is 0 Å². The summed E-state index contributed by atoms with van der Waals surface area (Å²) in [6.45, 7) is 3.74. The number of Topliss-reactive ketones (excluding diaryl/α,β-unsaturated/α-hetero) is 2. The van der Waals surface area contributed by atoms with E-state index < -0.39 is 11.7 Å². The molecule has 2 nitrogen and oxygen atoms in total. The summed E-state index contributed by atoms with van der Waals surface area (Å²) in [5, 5.41) is 0. The highest BCUT2D eigenvalue weighted by Crippen LogP contribution is 2.46. The summed E-state index contributed by atoms with van der Waals surface area (Å²) in [6.07, 6.45) is 9.79. The number of rotatable bonds is 9. The van der Waals surface area contributed by atoms with Gasteiger partial charge in [-0.3, -0.25) is 9.59 Å². The third-order valence-corrected chi connectivity index (χ3v) is 8.08. The molecule has 3 aromatic rings. The molecular formula is C35H32F2O2. The molecule has 0 bridgehead atoms. The fraction of sp³-hybridized carbons (Fsp3) is 0.257. The van der Waals surface area contributed by atoms with Crippen molar-refractivity contribution in [1.29, 1.82) is 0 Å². The second kappa shape index (κ2) is 11.4. The van der Waals surface area contributed by atoms with Crippen molar-refractivity contribution in [1.82, 2.24) is 0 Å². The molecule has 0 saturated carbocycles. The smallest absolute Gasteiger partial charge is 0.173 e. The summed E-state index contributed by atoms with van der Waals surface area (Å²) in [5.74, 6) is -1.61. The van der Waals surface area contributed by atoms with Crippen molar-refractivity contribution in [2.24, 2.45) is 5.92 Å². The van der Waals surface area contributed by atoms with Gasteiger partial charge in [-0.1, -0.05) is 73.2 Å². The molecule has 0 radical (unpaired) electrons. The van der Waals surface area contributed by atoms with Gasteiger partial charge in [-0.15, -0.1) is 0 Å². The van der Waals surface area contributed by atoms with Crippen molar-refractivity contribution >= 4 is 17.1 Å². The molecule has 0 N–H and O–H groups in total. The first-order chi connectivity index (χ1) is 18.9. The van der Waals surface area contributed by atoms with Crippen LogP contribution in [-0.4, -0.2) is 11.6 Å². The Kier molecular flexibility index (Phi) is 7.83. The van der Waals surface area contributed by atoms with Crippen molar-refractivity contribution in [3.05, 3.63) is 136 Å². The molecule has 0 fully saturated rings. The second-order valence-electron chi connectivity index (χ2n) is 10.5. The maximum absolute atomic E-state index is 14.7. The fourth-order valence-corrected chi connectivity index (χ4v) is 6.00. The maximum atomic E-state index is 14.7. The maximum Gasteiger partial charge on any atom is 0.173 e. The summed E-state index contributed by atoms with van der Waals surface area (Å²) < 4.78 is 28.3. The van der Waals surface area contributed by atoms with Crippen LogP contribution in [0.4, 0.5) is 8.78 Å². The van der Waals surface area contributed by atoms with Crippen molar-refractivity contribution in [3.63, 3.8) is 0 Å². The van der Waals surface area contributed by atoms with Crippen molar-refractivity contribution in [3.8, 4) is 0 Å². The third kappa shape index (κ3) is 5.61. The van der Waals surface area contributed by atoms with E-state index in [1.807, 2.05) is 18.2 Å². The molecule has 0 aromatic heterocycles. The summed E-state index contributed by atoms with van der Waals surface area (Å²) in [6, 6.07) is 18.8.